The molecule has 1 aliphatic rings. The summed E-state index contributed by atoms with van der Waals surface area (Å²) in [5, 5.41) is 9.37. The van der Waals surface area contributed by atoms with Gasteiger partial charge in [-0.25, -0.2) is 4.79 Å². The Morgan fingerprint density at radius 1 is 1.10 bits per heavy atom. The largest absolute Gasteiger partial charge is 0.493 e. The van der Waals surface area contributed by atoms with Crippen molar-refractivity contribution < 1.29 is 14.6 Å². The van der Waals surface area contributed by atoms with Crippen molar-refractivity contribution in [1.82, 2.24) is 4.90 Å². The van der Waals surface area contributed by atoms with E-state index in [0.717, 1.165) is 43.8 Å². The second kappa shape index (κ2) is 10.4. The summed E-state index contributed by atoms with van der Waals surface area (Å²) < 4.78 is 6.04. The van der Waals surface area contributed by atoms with Crippen molar-refractivity contribution in [2.75, 3.05) is 19.7 Å². The Morgan fingerprint density at radius 3 is 2.72 bits per heavy atom. The standard InChI is InChI=1S/C25H33NO3/c1-19(2)11-13-26-12-4-3-5-14-29-24-10-9-22(25(27)28)17-23(24)16-20-7-6-8-21(15-20)18-26/h6-10,15,17,19H,3-5,11-14,16,18H2,1-2H3,(H,27,28). The van der Waals surface area contributed by atoms with Gasteiger partial charge < -0.3 is 9.84 Å². The number of nitrogens with zero attached hydrogens (tertiary/aromatic N) is 1. The van der Waals surface area contributed by atoms with E-state index in [1.54, 1.807) is 12.1 Å². The molecule has 4 heteroatoms. The molecule has 0 spiro atoms. The molecule has 0 fully saturated rings. The first-order chi connectivity index (χ1) is 14.0. The maximum Gasteiger partial charge on any atom is 0.335 e. The van der Waals surface area contributed by atoms with E-state index in [1.807, 2.05) is 6.07 Å². The Kier molecular flexibility index (Phi) is 7.70. The molecule has 0 saturated heterocycles. The summed E-state index contributed by atoms with van der Waals surface area (Å²) in [5.74, 6) is 0.612. The molecule has 0 unspecified atom stereocenters. The van der Waals surface area contributed by atoms with Crippen LogP contribution in [0.1, 0.15) is 66.6 Å². The molecular weight excluding hydrogens is 362 g/mol. The maximum atomic E-state index is 11.4. The highest BCUT2D eigenvalue weighted by Gasteiger charge is 2.13. The number of ether oxygens (including phenoxy) is 1. The van der Waals surface area contributed by atoms with Crippen LogP contribution in [0.15, 0.2) is 42.5 Å². The highest BCUT2D eigenvalue weighted by atomic mass is 16.5. The lowest BCUT2D eigenvalue weighted by molar-refractivity contribution is 0.0696. The van der Waals surface area contributed by atoms with Crippen molar-refractivity contribution in [1.29, 1.82) is 0 Å². The van der Waals surface area contributed by atoms with Gasteiger partial charge in [0.25, 0.3) is 0 Å². The van der Waals surface area contributed by atoms with Crippen LogP contribution in [-0.4, -0.2) is 35.7 Å². The molecule has 2 aromatic carbocycles. The van der Waals surface area contributed by atoms with Crippen molar-refractivity contribution in [3.8, 4) is 5.75 Å². The van der Waals surface area contributed by atoms with Crippen LogP contribution in [-0.2, 0) is 13.0 Å². The molecule has 1 heterocycles. The minimum absolute atomic E-state index is 0.310. The molecule has 0 saturated carbocycles. The first-order valence-corrected chi connectivity index (χ1v) is 10.8. The van der Waals surface area contributed by atoms with Crippen LogP contribution in [0, 0.1) is 5.92 Å². The first kappa shape index (κ1) is 21.4. The Hall–Kier alpha value is -2.33. The summed E-state index contributed by atoms with van der Waals surface area (Å²) >= 11 is 0. The molecule has 2 aromatic rings. The number of hydrogen-bond donors (Lipinski definition) is 1. The van der Waals surface area contributed by atoms with Gasteiger partial charge in [0.05, 0.1) is 12.2 Å². The monoisotopic (exact) mass is 395 g/mol. The lowest BCUT2D eigenvalue weighted by Gasteiger charge is -2.24. The molecule has 2 bridgehead atoms. The second-order valence-corrected chi connectivity index (χ2v) is 8.49. The number of carbonyl (C=O) groups is 1. The van der Waals surface area contributed by atoms with E-state index in [4.69, 9.17) is 4.74 Å². The Morgan fingerprint density at radius 2 is 1.93 bits per heavy atom. The average molecular weight is 396 g/mol. The second-order valence-electron chi connectivity index (χ2n) is 8.49. The fourth-order valence-corrected chi connectivity index (χ4v) is 3.81. The van der Waals surface area contributed by atoms with Gasteiger partial charge in [-0.3, -0.25) is 4.90 Å². The molecule has 0 aliphatic carbocycles. The molecule has 4 nitrogen and oxygen atoms in total. The van der Waals surface area contributed by atoms with E-state index >= 15 is 0 Å². The van der Waals surface area contributed by atoms with Gasteiger partial charge in [0.1, 0.15) is 5.75 Å². The van der Waals surface area contributed by atoms with Gasteiger partial charge in [0, 0.05) is 13.0 Å². The zero-order valence-corrected chi connectivity index (χ0v) is 17.7. The molecule has 156 valence electrons. The lowest BCUT2D eigenvalue weighted by atomic mass is 9.99. The molecule has 0 atom stereocenters. The fraction of sp³-hybridized carbons (Fsp3) is 0.480. The quantitative estimate of drug-likeness (QED) is 0.754. The van der Waals surface area contributed by atoms with Crippen LogP contribution < -0.4 is 4.74 Å². The number of carboxylic acids is 1. The van der Waals surface area contributed by atoms with Crippen LogP contribution in [0.3, 0.4) is 0 Å². The summed E-state index contributed by atoms with van der Waals surface area (Å²) in [4.78, 5) is 14.0. The van der Waals surface area contributed by atoms with Crippen molar-refractivity contribution in [2.24, 2.45) is 5.92 Å². The topological polar surface area (TPSA) is 49.8 Å². The molecule has 29 heavy (non-hydrogen) atoms. The van der Waals surface area contributed by atoms with Crippen molar-refractivity contribution in [3.63, 3.8) is 0 Å². The SMILES string of the molecule is CC(C)CCN1CCCCCOc2ccc(C(=O)O)cc2Cc2cccc(c2)C1. The van der Waals surface area contributed by atoms with E-state index in [-0.39, 0.29) is 0 Å². The Balaban J connectivity index is 1.86. The van der Waals surface area contributed by atoms with E-state index in [0.29, 0.717) is 24.5 Å². The Labute approximate surface area is 174 Å². The zero-order valence-electron chi connectivity index (χ0n) is 17.7. The number of rotatable bonds is 4. The normalized spacial score (nSPS) is 16.0. The number of hydrogen-bond acceptors (Lipinski definition) is 3. The highest BCUT2D eigenvalue weighted by molar-refractivity contribution is 5.88. The third kappa shape index (κ3) is 6.60. The summed E-state index contributed by atoms with van der Waals surface area (Å²) in [6.45, 7) is 8.46. The molecule has 1 aliphatic heterocycles. The minimum Gasteiger partial charge on any atom is -0.493 e. The smallest absolute Gasteiger partial charge is 0.335 e. The van der Waals surface area contributed by atoms with Gasteiger partial charge in [-0.05, 0) is 79.6 Å². The minimum atomic E-state index is -0.901. The van der Waals surface area contributed by atoms with Crippen LogP contribution in [0.25, 0.3) is 0 Å². The van der Waals surface area contributed by atoms with Gasteiger partial charge >= 0.3 is 5.97 Å². The van der Waals surface area contributed by atoms with Crippen LogP contribution in [0.2, 0.25) is 0 Å². The molecule has 0 amide bonds. The third-order valence-corrected chi connectivity index (χ3v) is 5.50. The first-order valence-electron chi connectivity index (χ1n) is 10.8. The van der Waals surface area contributed by atoms with E-state index in [1.165, 1.54) is 24.0 Å². The molecule has 0 radical (unpaired) electrons. The van der Waals surface area contributed by atoms with Crippen molar-refractivity contribution in [2.45, 2.75) is 52.5 Å². The van der Waals surface area contributed by atoms with Gasteiger partial charge in [-0.1, -0.05) is 38.1 Å². The molecule has 0 aromatic heterocycles. The van der Waals surface area contributed by atoms with Crippen molar-refractivity contribution in [3.05, 3.63) is 64.7 Å². The molecule has 3 rings (SSSR count). The molecular formula is C25H33NO3. The van der Waals surface area contributed by atoms with E-state index < -0.39 is 5.97 Å². The number of fused-ring (bicyclic) bond motifs is 3. The fourth-order valence-electron chi connectivity index (χ4n) is 3.81. The van der Waals surface area contributed by atoms with Gasteiger partial charge in [0.2, 0.25) is 0 Å². The summed E-state index contributed by atoms with van der Waals surface area (Å²) in [6, 6.07) is 13.9. The number of aromatic carboxylic acids is 1. The number of benzene rings is 2. The predicted molar refractivity (Wildman–Crippen MR) is 117 cm³/mol. The van der Waals surface area contributed by atoms with E-state index in [9.17, 15) is 9.90 Å². The average Bonchev–Trinajstić information content (AvgIpc) is 2.69. The van der Waals surface area contributed by atoms with Gasteiger partial charge in [-0.15, -0.1) is 0 Å². The predicted octanol–water partition coefficient (Wildman–Crippen LogP) is 5.39. The van der Waals surface area contributed by atoms with Gasteiger partial charge in [-0.2, -0.15) is 0 Å². The summed E-state index contributed by atoms with van der Waals surface area (Å²) in [7, 11) is 0. The third-order valence-electron chi connectivity index (χ3n) is 5.50. The zero-order chi connectivity index (χ0) is 20.6. The lowest BCUT2D eigenvalue weighted by Crippen LogP contribution is -2.26. The number of carboxylic acid groups (broad SMARTS) is 1. The maximum absolute atomic E-state index is 11.4. The van der Waals surface area contributed by atoms with Crippen LogP contribution in [0.5, 0.6) is 5.75 Å². The highest BCUT2D eigenvalue weighted by Crippen LogP contribution is 2.25. The summed E-state index contributed by atoms with van der Waals surface area (Å²) in [5.41, 5.74) is 3.76. The van der Waals surface area contributed by atoms with Crippen molar-refractivity contribution >= 4 is 5.97 Å². The molecule has 1 N–H and O–H groups in total. The van der Waals surface area contributed by atoms with Crippen LogP contribution >= 0.6 is 0 Å². The summed E-state index contributed by atoms with van der Waals surface area (Å²) in [6.07, 6.45) is 5.22. The van der Waals surface area contributed by atoms with E-state index in [2.05, 4.69) is 43.0 Å². The van der Waals surface area contributed by atoms with Gasteiger partial charge in [0.15, 0.2) is 0 Å². The Bertz CT molecular complexity index is 815. The van der Waals surface area contributed by atoms with Crippen LogP contribution in [0.4, 0.5) is 0 Å².